The van der Waals surface area contributed by atoms with Gasteiger partial charge in [-0.05, 0) is 16.8 Å². The Labute approximate surface area is 124 Å². The third-order valence-electron chi connectivity index (χ3n) is 2.71. The van der Waals surface area contributed by atoms with Gasteiger partial charge in [0.2, 0.25) is 11.1 Å². The zero-order valence-corrected chi connectivity index (χ0v) is 12.4. The van der Waals surface area contributed by atoms with Crippen LogP contribution in [0.5, 0.6) is 0 Å². The van der Waals surface area contributed by atoms with Crippen LogP contribution in [0, 0.1) is 0 Å². The molecule has 2 rings (SSSR count). The molecule has 1 saturated heterocycles. The summed E-state index contributed by atoms with van der Waals surface area (Å²) in [5, 5.41) is 22.0. The molecule has 0 aliphatic carbocycles. The Morgan fingerprint density at radius 2 is 2.24 bits per heavy atom. The molecule has 1 aromatic rings. The summed E-state index contributed by atoms with van der Waals surface area (Å²) < 4.78 is 23.6. The van der Waals surface area contributed by atoms with Gasteiger partial charge in [0.25, 0.3) is 0 Å². The first-order valence-electron chi connectivity index (χ1n) is 5.96. The number of thioether (sulfide) groups is 1. The molecule has 0 saturated carbocycles. The Balaban J connectivity index is 1.82. The fraction of sp³-hybridized carbons (Fsp3) is 0.667. The maximum atomic E-state index is 11.7. The molecule has 12 heteroatoms. The van der Waals surface area contributed by atoms with E-state index in [1.165, 1.54) is 0 Å². The molecule has 1 unspecified atom stereocenters. The Hall–Kier alpha value is -1.69. The van der Waals surface area contributed by atoms with Crippen LogP contribution in [0.3, 0.4) is 0 Å². The van der Waals surface area contributed by atoms with Crippen molar-refractivity contribution in [3.05, 3.63) is 0 Å². The molecule has 1 fully saturated rings. The van der Waals surface area contributed by atoms with Crippen LogP contribution in [0.2, 0.25) is 0 Å². The molecule has 0 radical (unpaired) electrons. The van der Waals surface area contributed by atoms with Crippen molar-refractivity contribution < 1.29 is 23.1 Å². The van der Waals surface area contributed by atoms with Gasteiger partial charge in [-0.1, -0.05) is 11.8 Å². The number of carbonyl (C=O) groups excluding carboxylic acids is 1. The molecule has 0 bridgehead atoms. The molecule has 1 aromatic heterocycles. The zero-order chi connectivity index (χ0) is 15.5. The lowest BCUT2D eigenvalue weighted by molar-refractivity contribution is -0.138. The molecule has 10 nitrogen and oxygen atoms in total. The van der Waals surface area contributed by atoms with Crippen LogP contribution >= 0.6 is 11.8 Å². The molecule has 0 spiro atoms. The van der Waals surface area contributed by atoms with Crippen molar-refractivity contribution in [1.29, 1.82) is 0 Å². The van der Waals surface area contributed by atoms with E-state index in [1.807, 2.05) is 0 Å². The van der Waals surface area contributed by atoms with Gasteiger partial charge in [0, 0.05) is 6.04 Å². The number of carboxylic acids is 1. The lowest BCUT2D eigenvalue weighted by Gasteiger charge is -2.10. The van der Waals surface area contributed by atoms with Crippen molar-refractivity contribution in [3.63, 3.8) is 0 Å². The highest BCUT2D eigenvalue weighted by atomic mass is 32.2. The molecule has 2 heterocycles. The van der Waals surface area contributed by atoms with E-state index in [-0.39, 0.29) is 34.4 Å². The van der Waals surface area contributed by atoms with E-state index in [2.05, 4.69) is 20.8 Å². The van der Waals surface area contributed by atoms with E-state index >= 15 is 0 Å². The molecule has 1 aliphatic rings. The number of rotatable bonds is 6. The number of hydrogen-bond donors (Lipinski definition) is 2. The first-order chi connectivity index (χ1) is 9.85. The highest BCUT2D eigenvalue weighted by Gasteiger charge is 2.28. The molecule has 2 N–H and O–H groups in total. The topological polar surface area (TPSA) is 144 Å². The summed E-state index contributed by atoms with van der Waals surface area (Å²) in [6.07, 6.45) is 0.412. The largest absolute Gasteiger partial charge is 0.480 e. The van der Waals surface area contributed by atoms with Crippen LogP contribution < -0.4 is 5.32 Å². The van der Waals surface area contributed by atoms with Crippen molar-refractivity contribution in [2.75, 3.05) is 17.3 Å². The summed E-state index contributed by atoms with van der Waals surface area (Å²) >= 11 is 0.989. The number of amides is 1. The van der Waals surface area contributed by atoms with E-state index in [1.54, 1.807) is 0 Å². The minimum atomic E-state index is -3.04. The maximum Gasteiger partial charge on any atom is 0.325 e. The summed E-state index contributed by atoms with van der Waals surface area (Å²) in [4.78, 5) is 22.3. The number of hydrogen-bond acceptors (Lipinski definition) is 8. The maximum absolute atomic E-state index is 11.7. The molecule has 1 amide bonds. The van der Waals surface area contributed by atoms with Crippen molar-refractivity contribution in [2.45, 2.75) is 24.2 Å². The second-order valence-electron chi connectivity index (χ2n) is 4.47. The van der Waals surface area contributed by atoms with Crippen LogP contribution in [0.1, 0.15) is 6.42 Å². The second kappa shape index (κ2) is 6.39. The minimum Gasteiger partial charge on any atom is -0.480 e. The number of carboxylic acid groups (broad SMARTS) is 1. The lowest BCUT2D eigenvalue weighted by atomic mass is 10.3. The average molecular weight is 335 g/mol. The first-order valence-corrected chi connectivity index (χ1v) is 8.77. The van der Waals surface area contributed by atoms with Gasteiger partial charge in [-0.25, -0.2) is 13.1 Å². The van der Waals surface area contributed by atoms with Gasteiger partial charge < -0.3 is 10.4 Å². The highest BCUT2D eigenvalue weighted by Crippen LogP contribution is 2.15. The molecule has 0 aromatic carbocycles. The van der Waals surface area contributed by atoms with Crippen LogP contribution in [0.15, 0.2) is 5.16 Å². The molecule has 1 atom stereocenters. The summed E-state index contributed by atoms with van der Waals surface area (Å²) in [7, 11) is -3.04. The number of nitrogens with zero attached hydrogens (tertiary/aromatic N) is 4. The minimum absolute atomic E-state index is 0.0173. The summed E-state index contributed by atoms with van der Waals surface area (Å²) in [6, 6.07) is -0.363. The van der Waals surface area contributed by atoms with Gasteiger partial charge >= 0.3 is 5.97 Å². The quantitative estimate of drug-likeness (QED) is 0.572. The highest BCUT2D eigenvalue weighted by molar-refractivity contribution is 7.99. The number of sulfone groups is 1. The van der Waals surface area contributed by atoms with Gasteiger partial charge in [-0.2, -0.15) is 0 Å². The third-order valence-corrected chi connectivity index (χ3v) is 5.44. The Kier molecular flexibility index (Phi) is 4.77. The van der Waals surface area contributed by atoms with Crippen LogP contribution in [0.4, 0.5) is 0 Å². The monoisotopic (exact) mass is 335 g/mol. The predicted octanol–water partition coefficient (Wildman–Crippen LogP) is -1.85. The van der Waals surface area contributed by atoms with Crippen molar-refractivity contribution >= 4 is 33.5 Å². The van der Waals surface area contributed by atoms with Crippen molar-refractivity contribution in [3.8, 4) is 0 Å². The Bertz CT molecular complexity index is 643. The fourth-order valence-corrected chi connectivity index (χ4v) is 4.20. The van der Waals surface area contributed by atoms with Gasteiger partial charge in [0.15, 0.2) is 9.84 Å². The lowest BCUT2D eigenvalue weighted by Crippen LogP contribution is -2.36. The van der Waals surface area contributed by atoms with Crippen LogP contribution in [0.25, 0.3) is 0 Å². The Morgan fingerprint density at radius 3 is 2.86 bits per heavy atom. The van der Waals surface area contributed by atoms with E-state index in [0.717, 1.165) is 16.4 Å². The van der Waals surface area contributed by atoms with E-state index in [9.17, 15) is 18.0 Å². The van der Waals surface area contributed by atoms with Gasteiger partial charge in [-0.3, -0.25) is 9.59 Å². The normalized spacial score (nSPS) is 20.3. The zero-order valence-electron chi connectivity index (χ0n) is 10.8. The number of carbonyl (C=O) groups is 2. The molecule has 1 aliphatic heterocycles. The molecule has 21 heavy (non-hydrogen) atoms. The van der Waals surface area contributed by atoms with Crippen LogP contribution in [-0.4, -0.2) is 68.9 Å². The standard InChI is InChI=1S/C9H13N5O5S2/c15-7(10-6-1-2-21(18,19)5-6)4-20-9-11-12-13-14(9)3-8(16)17/h6H,1-5H2,(H,10,15)(H,16,17). The number of tetrazole rings is 1. The summed E-state index contributed by atoms with van der Waals surface area (Å²) in [5.41, 5.74) is 0. The summed E-state index contributed by atoms with van der Waals surface area (Å²) in [5.74, 6) is -1.41. The Morgan fingerprint density at radius 1 is 1.48 bits per heavy atom. The fourth-order valence-electron chi connectivity index (χ4n) is 1.84. The first kappa shape index (κ1) is 15.7. The average Bonchev–Trinajstić information content (AvgIpc) is 2.93. The second-order valence-corrected chi connectivity index (χ2v) is 7.64. The SMILES string of the molecule is O=C(O)Cn1nnnc1SCC(=O)NC1CCS(=O)(=O)C1. The van der Waals surface area contributed by atoms with E-state index < -0.39 is 22.4 Å². The number of aliphatic carboxylic acids is 1. The number of aromatic nitrogens is 4. The van der Waals surface area contributed by atoms with Gasteiger partial charge in [0.05, 0.1) is 17.3 Å². The van der Waals surface area contributed by atoms with Crippen molar-refractivity contribution in [2.24, 2.45) is 0 Å². The van der Waals surface area contributed by atoms with E-state index in [0.29, 0.717) is 6.42 Å². The number of nitrogens with one attached hydrogen (secondary N) is 1. The molecular weight excluding hydrogens is 322 g/mol. The van der Waals surface area contributed by atoms with Gasteiger partial charge in [0.1, 0.15) is 6.54 Å². The van der Waals surface area contributed by atoms with E-state index in [4.69, 9.17) is 5.11 Å². The molecular formula is C9H13N5O5S2. The smallest absolute Gasteiger partial charge is 0.325 e. The predicted molar refractivity (Wildman–Crippen MR) is 71.4 cm³/mol. The van der Waals surface area contributed by atoms with Crippen molar-refractivity contribution in [1.82, 2.24) is 25.5 Å². The summed E-state index contributed by atoms with van der Waals surface area (Å²) in [6.45, 7) is -0.391. The van der Waals surface area contributed by atoms with Gasteiger partial charge in [-0.15, -0.1) is 5.10 Å². The van der Waals surface area contributed by atoms with Crippen LogP contribution in [-0.2, 0) is 26.0 Å². The molecule has 116 valence electrons. The third kappa shape index (κ3) is 4.67.